The minimum absolute atomic E-state index is 0.0728. The van der Waals surface area contributed by atoms with Crippen molar-refractivity contribution in [3.63, 3.8) is 0 Å². The molecule has 0 radical (unpaired) electrons. The molecule has 126 valence electrons. The lowest BCUT2D eigenvalue weighted by Crippen LogP contribution is -2.35. The summed E-state index contributed by atoms with van der Waals surface area (Å²) in [6.07, 6.45) is 0.213. The van der Waals surface area contributed by atoms with E-state index in [2.05, 4.69) is 5.32 Å². The number of anilines is 1. The van der Waals surface area contributed by atoms with Gasteiger partial charge < -0.3 is 19.7 Å². The number of carbonyl (C=O) groups excluding carboxylic acids is 2. The fourth-order valence-corrected chi connectivity index (χ4v) is 2.57. The average Bonchev–Trinajstić information content (AvgIpc) is 2.93. The zero-order valence-electron chi connectivity index (χ0n) is 14.1. The topological polar surface area (TPSA) is 67.9 Å². The number of nitrogens with one attached hydrogen (secondary N) is 1. The predicted octanol–water partition coefficient (Wildman–Crippen LogP) is 1.83. The van der Waals surface area contributed by atoms with Crippen LogP contribution in [-0.4, -0.2) is 39.1 Å². The number of benzene rings is 1. The van der Waals surface area contributed by atoms with E-state index in [1.807, 2.05) is 13.8 Å². The van der Waals surface area contributed by atoms with Crippen LogP contribution in [0.2, 0.25) is 0 Å². The maximum atomic E-state index is 12.3. The van der Waals surface area contributed by atoms with Crippen LogP contribution >= 0.6 is 0 Å². The maximum absolute atomic E-state index is 12.3. The van der Waals surface area contributed by atoms with Gasteiger partial charge in [-0.3, -0.25) is 9.59 Å². The normalized spacial score (nSPS) is 17.5. The summed E-state index contributed by atoms with van der Waals surface area (Å²) in [5.41, 5.74) is 0.635. The van der Waals surface area contributed by atoms with E-state index in [-0.39, 0.29) is 24.2 Å². The first-order valence-corrected chi connectivity index (χ1v) is 7.76. The molecule has 1 aliphatic rings. The molecule has 0 aliphatic carbocycles. The highest BCUT2D eigenvalue weighted by molar-refractivity contribution is 6.01. The lowest BCUT2D eigenvalue weighted by molar-refractivity contribution is -0.126. The minimum Gasteiger partial charge on any atom is -0.497 e. The highest BCUT2D eigenvalue weighted by Gasteiger charge is 2.36. The monoisotopic (exact) mass is 320 g/mol. The van der Waals surface area contributed by atoms with E-state index in [1.165, 1.54) is 0 Å². The Bertz CT molecular complexity index is 586. The van der Waals surface area contributed by atoms with Gasteiger partial charge in [0.1, 0.15) is 11.5 Å². The summed E-state index contributed by atoms with van der Waals surface area (Å²) in [6.45, 7) is 5.04. The van der Waals surface area contributed by atoms with E-state index in [0.29, 0.717) is 36.2 Å². The average molecular weight is 320 g/mol. The van der Waals surface area contributed by atoms with Crippen molar-refractivity contribution < 1.29 is 19.1 Å². The molecule has 1 atom stereocenters. The smallest absolute Gasteiger partial charge is 0.227 e. The summed E-state index contributed by atoms with van der Waals surface area (Å²) in [5.74, 6) is 1.11. The number of methoxy groups -OCH3 is 2. The van der Waals surface area contributed by atoms with Crippen LogP contribution in [-0.2, 0) is 9.59 Å². The van der Waals surface area contributed by atoms with Crippen LogP contribution in [0.3, 0.4) is 0 Å². The molecule has 1 fully saturated rings. The summed E-state index contributed by atoms with van der Waals surface area (Å²) in [5, 5.41) is 2.89. The highest BCUT2D eigenvalue weighted by Crippen LogP contribution is 2.36. The standard InChI is InChI=1S/C17H24N2O4/c1-11(2)9-18-17(21)12-7-16(20)19(10-12)14-8-13(22-3)5-6-15(14)23-4/h5-6,8,11-12H,7,9-10H2,1-4H3,(H,18,21)/t12-/m0/s1. The third-order valence-corrected chi connectivity index (χ3v) is 3.86. The molecule has 2 rings (SSSR count). The molecule has 6 nitrogen and oxygen atoms in total. The highest BCUT2D eigenvalue weighted by atomic mass is 16.5. The Hall–Kier alpha value is -2.24. The molecule has 1 aromatic carbocycles. The van der Waals surface area contributed by atoms with Gasteiger partial charge in [0.2, 0.25) is 11.8 Å². The second-order valence-electron chi connectivity index (χ2n) is 6.08. The van der Waals surface area contributed by atoms with Crippen molar-refractivity contribution in [2.75, 3.05) is 32.2 Å². The van der Waals surface area contributed by atoms with Crippen LogP contribution in [0.1, 0.15) is 20.3 Å². The fraction of sp³-hybridized carbons (Fsp3) is 0.529. The third-order valence-electron chi connectivity index (χ3n) is 3.86. The summed E-state index contributed by atoms with van der Waals surface area (Å²) in [4.78, 5) is 26.1. The summed E-state index contributed by atoms with van der Waals surface area (Å²) >= 11 is 0. The van der Waals surface area contributed by atoms with Crippen molar-refractivity contribution in [3.8, 4) is 11.5 Å². The molecular formula is C17H24N2O4. The van der Waals surface area contributed by atoms with Crippen molar-refractivity contribution in [2.24, 2.45) is 11.8 Å². The zero-order valence-corrected chi connectivity index (χ0v) is 14.1. The van der Waals surface area contributed by atoms with E-state index in [4.69, 9.17) is 9.47 Å². The van der Waals surface area contributed by atoms with Gasteiger partial charge in [-0.1, -0.05) is 13.8 Å². The number of carbonyl (C=O) groups is 2. The second-order valence-corrected chi connectivity index (χ2v) is 6.08. The molecule has 0 aromatic heterocycles. The van der Waals surface area contributed by atoms with E-state index < -0.39 is 0 Å². The summed E-state index contributed by atoms with van der Waals surface area (Å²) in [6, 6.07) is 5.29. The van der Waals surface area contributed by atoms with E-state index in [0.717, 1.165) is 0 Å². The molecular weight excluding hydrogens is 296 g/mol. The van der Waals surface area contributed by atoms with Crippen LogP contribution in [0.5, 0.6) is 11.5 Å². The van der Waals surface area contributed by atoms with Crippen LogP contribution in [0.4, 0.5) is 5.69 Å². The fourth-order valence-electron chi connectivity index (χ4n) is 2.57. The molecule has 0 spiro atoms. The Kier molecular flexibility index (Phi) is 5.47. The van der Waals surface area contributed by atoms with Crippen molar-refractivity contribution in [3.05, 3.63) is 18.2 Å². The quantitative estimate of drug-likeness (QED) is 0.868. The van der Waals surface area contributed by atoms with Gasteiger partial charge in [-0.15, -0.1) is 0 Å². The van der Waals surface area contributed by atoms with E-state index in [9.17, 15) is 9.59 Å². The largest absolute Gasteiger partial charge is 0.497 e. The van der Waals surface area contributed by atoms with Gasteiger partial charge >= 0.3 is 0 Å². The summed E-state index contributed by atoms with van der Waals surface area (Å²) in [7, 11) is 3.12. The van der Waals surface area contributed by atoms with Crippen molar-refractivity contribution in [2.45, 2.75) is 20.3 Å². The molecule has 0 saturated carbocycles. The number of hydrogen-bond acceptors (Lipinski definition) is 4. The minimum atomic E-state index is -0.336. The molecule has 1 saturated heterocycles. The van der Waals surface area contributed by atoms with Gasteiger partial charge in [0.25, 0.3) is 0 Å². The number of nitrogens with zero attached hydrogens (tertiary/aromatic N) is 1. The Morgan fingerprint density at radius 1 is 1.35 bits per heavy atom. The van der Waals surface area contributed by atoms with Gasteiger partial charge in [0.15, 0.2) is 0 Å². The first-order chi connectivity index (χ1) is 11.0. The molecule has 2 amide bonds. The van der Waals surface area contributed by atoms with Crippen LogP contribution in [0.25, 0.3) is 0 Å². The first kappa shape index (κ1) is 17.1. The van der Waals surface area contributed by atoms with Gasteiger partial charge in [0, 0.05) is 25.6 Å². The van der Waals surface area contributed by atoms with Crippen molar-refractivity contribution in [1.82, 2.24) is 5.32 Å². The van der Waals surface area contributed by atoms with Gasteiger partial charge in [-0.2, -0.15) is 0 Å². The van der Waals surface area contributed by atoms with E-state index in [1.54, 1.807) is 37.3 Å². The zero-order chi connectivity index (χ0) is 17.0. The summed E-state index contributed by atoms with van der Waals surface area (Å²) < 4.78 is 10.5. The van der Waals surface area contributed by atoms with Gasteiger partial charge in [-0.25, -0.2) is 0 Å². The number of amides is 2. The molecule has 1 aliphatic heterocycles. The van der Waals surface area contributed by atoms with Gasteiger partial charge in [-0.05, 0) is 18.1 Å². The maximum Gasteiger partial charge on any atom is 0.227 e. The molecule has 1 heterocycles. The third kappa shape index (κ3) is 3.94. The van der Waals surface area contributed by atoms with Crippen LogP contribution in [0, 0.1) is 11.8 Å². The van der Waals surface area contributed by atoms with E-state index >= 15 is 0 Å². The predicted molar refractivity (Wildman–Crippen MR) is 87.9 cm³/mol. The Morgan fingerprint density at radius 3 is 2.70 bits per heavy atom. The Morgan fingerprint density at radius 2 is 2.09 bits per heavy atom. The van der Waals surface area contributed by atoms with Gasteiger partial charge in [0.05, 0.1) is 25.8 Å². The molecule has 1 aromatic rings. The second kappa shape index (κ2) is 7.35. The SMILES string of the molecule is COc1ccc(OC)c(N2C[C@@H](C(=O)NCC(C)C)CC2=O)c1. The number of hydrogen-bond donors (Lipinski definition) is 1. The van der Waals surface area contributed by atoms with Crippen molar-refractivity contribution >= 4 is 17.5 Å². The lowest BCUT2D eigenvalue weighted by Gasteiger charge is -2.20. The van der Waals surface area contributed by atoms with Crippen LogP contribution in [0.15, 0.2) is 18.2 Å². The Balaban J connectivity index is 2.15. The molecule has 0 bridgehead atoms. The Labute approximate surface area is 136 Å². The first-order valence-electron chi connectivity index (χ1n) is 7.76. The van der Waals surface area contributed by atoms with Crippen molar-refractivity contribution in [1.29, 1.82) is 0 Å². The van der Waals surface area contributed by atoms with Crippen LogP contribution < -0.4 is 19.7 Å². The molecule has 23 heavy (non-hydrogen) atoms. The number of ether oxygens (including phenoxy) is 2. The molecule has 0 unspecified atom stereocenters. The molecule has 6 heteroatoms. The molecule has 1 N–H and O–H groups in total. The number of rotatable bonds is 6. The lowest BCUT2D eigenvalue weighted by atomic mass is 10.1.